The average molecular weight is 238 g/mol. The van der Waals surface area contributed by atoms with Gasteiger partial charge in [0.25, 0.3) is 0 Å². The minimum absolute atomic E-state index is 0.0124. The van der Waals surface area contributed by atoms with Crippen LogP contribution in [0.25, 0.3) is 0 Å². The summed E-state index contributed by atoms with van der Waals surface area (Å²) < 4.78 is 9.53. The van der Waals surface area contributed by atoms with Crippen molar-refractivity contribution in [3.05, 3.63) is 23.9 Å². The smallest absolute Gasteiger partial charge is 0.407 e. The first-order valence-electron chi connectivity index (χ1n) is 5.03. The van der Waals surface area contributed by atoms with Gasteiger partial charge in [0.1, 0.15) is 6.61 Å². The lowest BCUT2D eigenvalue weighted by Crippen LogP contribution is -2.30. The highest BCUT2D eigenvalue weighted by atomic mass is 16.6. The number of ether oxygens (including phenoxy) is 2. The van der Waals surface area contributed by atoms with E-state index in [1.165, 1.54) is 6.08 Å². The molecule has 0 aromatic carbocycles. The van der Waals surface area contributed by atoms with Crippen molar-refractivity contribution in [2.75, 3.05) is 13.2 Å². The first kappa shape index (κ1) is 13.0. The second-order valence-corrected chi connectivity index (χ2v) is 3.48. The largest absolute Gasteiger partial charge is 0.445 e. The standard InChI is InChI=1S/C11H14N2O4/c1-4-5-16-11(15)12-6-8-13-9(7(2)3)10(14)17-8/h4H,1,5-6H2,2-3H3,(H,12,15). The van der Waals surface area contributed by atoms with Crippen molar-refractivity contribution in [1.82, 2.24) is 5.32 Å². The van der Waals surface area contributed by atoms with E-state index < -0.39 is 12.1 Å². The molecule has 1 aliphatic rings. The molecule has 0 saturated carbocycles. The van der Waals surface area contributed by atoms with Gasteiger partial charge < -0.3 is 14.8 Å². The van der Waals surface area contributed by atoms with Gasteiger partial charge in [-0.2, -0.15) is 0 Å². The zero-order chi connectivity index (χ0) is 12.8. The van der Waals surface area contributed by atoms with E-state index in [0.29, 0.717) is 0 Å². The van der Waals surface area contributed by atoms with Crippen LogP contribution >= 0.6 is 0 Å². The summed E-state index contributed by atoms with van der Waals surface area (Å²) in [5.41, 5.74) is 1.04. The summed E-state index contributed by atoms with van der Waals surface area (Å²) in [4.78, 5) is 26.3. The average Bonchev–Trinajstić information content (AvgIpc) is 2.65. The Morgan fingerprint density at radius 3 is 2.82 bits per heavy atom. The number of aliphatic imine (C=N–C) groups is 1. The van der Waals surface area contributed by atoms with Gasteiger partial charge in [0.15, 0.2) is 5.70 Å². The first-order valence-corrected chi connectivity index (χ1v) is 5.03. The van der Waals surface area contributed by atoms with Crippen LogP contribution in [0.4, 0.5) is 4.79 Å². The molecule has 1 N–H and O–H groups in total. The van der Waals surface area contributed by atoms with Crippen LogP contribution in [0.15, 0.2) is 28.9 Å². The third kappa shape index (κ3) is 3.75. The topological polar surface area (TPSA) is 77.0 Å². The van der Waals surface area contributed by atoms with Gasteiger partial charge in [-0.15, -0.1) is 0 Å². The maximum Gasteiger partial charge on any atom is 0.407 e. The van der Waals surface area contributed by atoms with Gasteiger partial charge in [-0.25, -0.2) is 14.6 Å². The van der Waals surface area contributed by atoms with E-state index in [-0.39, 0.29) is 24.7 Å². The molecule has 17 heavy (non-hydrogen) atoms. The fourth-order valence-corrected chi connectivity index (χ4v) is 1.07. The van der Waals surface area contributed by atoms with Crippen molar-refractivity contribution in [2.24, 2.45) is 4.99 Å². The number of carbonyl (C=O) groups is 2. The molecule has 1 amide bonds. The Morgan fingerprint density at radius 1 is 1.59 bits per heavy atom. The SMILES string of the molecule is C=CCOC(=O)NCC1=NC(=C(C)C)C(=O)O1. The van der Waals surface area contributed by atoms with E-state index in [1.54, 1.807) is 13.8 Å². The number of nitrogens with one attached hydrogen (secondary N) is 1. The Labute approximate surface area is 99.0 Å². The van der Waals surface area contributed by atoms with Crippen molar-refractivity contribution in [3.63, 3.8) is 0 Å². The molecule has 1 heterocycles. The second-order valence-electron chi connectivity index (χ2n) is 3.48. The molecule has 0 bridgehead atoms. The highest BCUT2D eigenvalue weighted by Crippen LogP contribution is 2.14. The summed E-state index contributed by atoms with van der Waals surface area (Å²) in [6.45, 7) is 7.06. The number of carbonyl (C=O) groups excluding carboxylic acids is 2. The van der Waals surface area contributed by atoms with Crippen molar-refractivity contribution in [2.45, 2.75) is 13.8 Å². The molecule has 0 aliphatic carbocycles. The van der Waals surface area contributed by atoms with Gasteiger partial charge in [-0.05, 0) is 19.4 Å². The number of hydrogen-bond acceptors (Lipinski definition) is 5. The van der Waals surface area contributed by atoms with Crippen LogP contribution in [0.2, 0.25) is 0 Å². The predicted octanol–water partition coefficient (Wildman–Crippen LogP) is 1.15. The molecule has 1 aliphatic heterocycles. The maximum atomic E-state index is 11.3. The van der Waals surface area contributed by atoms with Crippen LogP contribution < -0.4 is 5.32 Å². The molecule has 0 saturated heterocycles. The van der Waals surface area contributed by atoms with Gasteiger partial charge >= 0.3 is 12.1 Å². The Bertz CT molecular complexity index is 406. The number of allylic oxidation sites excluding steroid dienone is 1. The number of cyclic esters (lactones) is 1. The lowest BCUT2D eigenvalue weighted by atomic mass is 10.3. The Balaban J connectivity index is 2.47. The van der Waals surface area contributed by atoms with Gasteiger partial charge in [-0.1, -0.05) is 12.7 Å². The molecule has 0 fully saturated rings. The molecule has 0 spiro atoms. The van der Waals surface area contributed by atoms with E-state index in [9.17, 15) is 9.59 Å². The van der Waals surface area contributed by atoms with Gasteiger partial charge in [0.05, 0.1) is 6.54 Å². The third-order valence-electron chi connectivity index (χ3n) is 1.83. The van der Waals surface area contributed by atoms with E-state index in [0.717, 1.165) is 5.57 Å². The molecule has 0 aromatic heterocycles. The number of rotatable bonds is 4. The van der Waals surface area contributed by atoms with Gasteiger partial charge in [-0.3, -0.25) is 0 Å². The first-order chi connectivity index (χ1) is 8.04. The number of alkyl carbamates (subject to hydrolysis) is 1. The third-order valence-corrected chi connectivity index (χ3v) is 1.83. The Morgan fingerprint density at radius 2 is 2.29 bits per heavy atom. The molecule has 0 radical (unpaired) electrons. The zero-order valence-corrected chi connectivity index (χ0v) is 9.78. The molecule has 0 unspecified atom stereocenters. The molecule has 92 valence electrons. The quantitative estimate of drug-likeness (QED) is 0.452. The normalized spacial score (nSPS) is 13.9. The van der Waals surface area contributed by atoms with Crippen LogP contribution in [-0.4, -0.2) is 31.1 Å². The maximum absolute atomic E-state index is 11.3. The predicted molar refractivity (Wildman–Crippen MR) is 61.4 cm³/mol. The van der Waals surface area contributed by atoms with Crippen molar-refractivity contribution >= 4 is 18.0 Å². The highest BCUT2D eigenvalue weighted by Gasteiger charge is 2.23. The molecular weight excluding hydrogens is 224 g/mol. The summed E-state index contributed by atoms with van der Waals surface area (Å²) in [6.07, 6.45) is 0.836. The van der Waals surface area contributed by atoms with Gasteiger partial charge in [0, 0.05) is 0 Å². The van der Waals surface area contributed by atoms with Crippen LogP contribution in [0.5, 0.6) is 0 Å². The Kier molecular flexibility index (Phi) is 4.45. The minimum Gasteiger partial charge on any atom is -0.445 e. The number of esters is 1. The van der Waals surface area contributed by atoms with E-state index >= 15 is 0 Å². The van der Waals surface area contributed by atoms with Crippen molar-refractivity contribution in [3.8, 4) is 0 Å². The minimum atomic E-state index is -0.616. The van der Waals surface area contributed by atoms with E-state index in [1.807, 2.05) is 0 Å². The molecular formula is C11H14N2O4. The Hall–Kier alpha value is -2.11. The monoisotopic (exact) mass is 238 g/mol. The number of hydrogen-bond donors (Lipinski definition) is 1. The highest BCUT2D eigenvalue weighted by molar-refractivity contribution is 6.05. The fraction of sp³-hybridized carbons (Fsp3) is 0.364. The summed E-state index contributed by atoms with van der Waals surface area (Å²) >= 11 is 0. The van der Waals surface area contributed by atoms with E-state index in [4.69, 9.17) is 4.74 Å². The van der Waals surface area contributed by atoms with Gasteiger partial charge in [0.2, 0.25) is 5.90 Å². The lowest BCUT2D eigenvalue weighted by molar-refractivity contribution is -0.130. The summed E-state index contributed by atoms with van der Waals surface area (Å²) in [7, 11) is 0. The van der Waals surface area contributed by atoms with Crippen molar-refractivity contribution < 1.29 is 19.1 Å². The summed E-state index contributed by atoms with van der Waals surface area (Å²) in [5, 5.41) is 2.40. The van der Waals surface area contributed by atoms with Crippen LogP contribution in [-0.2, 0) is 14.3 Å². The van der Waals surface area contributed by atoms with Crippen LogP contribution in [0, 0.1) is 0 Å². The summed E-state index contributed by atoms with van der Waals surface area (Å²) in [5.74, 6) is -0.344. The molecule has 0 atom stereocenters. The van der Waals surface area contributed by atoms with Crippen LogP contribution in [0.3, 0.4) is 0 Å². The molecule has 6 heteroatoms. The van der Waals surface area contributed by atoms with Crippen LogP contribution in [0.1, 0.15) is 13.8 Å². The number of nitrogens with zero attached hydrogens (tertiary/aromatic N) is 1. The molecule has 6 nitrogen and oxygen atoms in total. The summed E-state index contributed by atoms with van der Waals surface area (Å²) in [6, 6.07) is 0. The fourth-order valence-electron chi connectivity index (χ4n) is 1.07. The zero-order valence-electron chi connectivity index (χ0n) is 9.78. The lowest BCUT2D eigenvalue weighted by Gasteiger charge is -2.03. The number of amides is 1. The van der Waals surface area contributed by atoms with E-state index in [2.05, 4.69) is 21.6 Å². The molecule has 1 rings (SSSR count). The molecule has 0 aromatic rings. The second kappa shape index (κ2) is 5.83. The van der Waals surface area contributed by atoms with Crippen molar-refractivity contribution in [1.29, 1.82) is 0 Å².